The molecule has 150 valence electrons. The van der Waals surface area contributed by atoms with Gasteiger partial charge in [-0.2, -0.15) is 0 Å². The molecular weight excluding hydrogens is 403 g/mol. The van der Waals surface area contributed by atoms with Crippen LogP contribution >= 0.6 is 23.2 Å². The number of hydrogen-bond donors (Lipinski definition) is 0. The molecule has 29 heavy (non-hydrogen) atoms. The van der Waals surface area contributed by atoms with E-state index in [0.717, 1.165) is 27.8 Å². The number of methoxy groups -OCH3 is 2. The third-order valence-corrected chi connectivity index (χ3v) is 4.73. The summed E-state index contributed by atoms with van der Waals surface area (Å²) >= 11 is 12.1. The van der Waals surface area contributed by atoms with Crippen LogP contribution in [0.4, 0.5) is 0 Å². The Morgan fingerprint density at radius 2 is 1.76 bits per heavy atom. The number of allylic oxidation sites excluding steroid dienone is 4. The molecular formula is C25H24Cl2O2. The van der Waals surface area contributed by atoms with Gasteiger partial charge in [0.15, 0.2) is 0 Å². The molecule has 0 amide bonds. The van der Waals surface area contributed by atoms with Gasteiger partial charge >= 0.3 is 0 Å². The van der Waals surface area contributed by atoms with Crippen LogP contribution in [0.3, 0.4) is 0 Å². The smallest absolute Gasteiger partial charge is 0.128 e. The standard InChI is InChI=1S/C25H24Cl2O2/c1-7-9-21-20(17(3)18(4)24(28-5)14-16(2)26)10-8-11-22(21)23-13-12-19(27)15-25(23)29-6/h7-15H,2-4H2,1,5-6H3/b9-7?,24-14+. The zero-order valence-corrected chi connectivity index (χ0v) is 18.4. The van der Waals surface area contributed by atoms with Gasteiger partial charge in [0.2, 0.25) is 0 Å². The average molecular weight is 427 g/mol. The van der Waals surface area contributed by atoms with Crippen LogP contribution in [0.25, 0.3) is 22.8 Å². The van der Waals surface area contributed by atoms with Crippen molar-refractivity contribution in [1.29, 1.82) is 0 Å². The number of rotatable bonds is 8. The van der Waals surface area contributed by atoms with Crippen LogP contribution in [0.1, 0.15) is 18.1 Å². The summed E-state index contributed by atoms with van der Waals surface area (Å²) in [6.07, 6.45) is 5.64. The van der Waals surface area contributed by atoms with Gasteiger partial charge in [-0.1, -0.05) is 73.3 Å². The lowest BCUT2D eigenvalue weighted by atomic mass is 9.88. The van der Waals surface area contributed by atoms with E-state index in [1.165, 1.54) is 0 Å². The Bertz CT molecular complexity index is 1010. The topological polar surface area (TPSA) is 18.5 Å². The SMILES string of the molecule is C=C(Cl)/C=C(/OC)C(=C)C(=C)c1cccc(-c2ccc(Cl)cc2OC)c1C=CC. The van der Waals surface area contributed by atoms with Crippen molar-refractivity contribution in [3.8, 4) is 16.9 Å². The highest BCUT2D eigenvalue weighted by Gasteiger charge is 2.17. The molecule has 0 radical (unpaired) electrons. The fraction of sp³-hybridized carbons (Fsp3) is 0.120. The van der Waals surface area contributed by atoms with E-state index < -0.39 is 0 Å². The van der Waals surface area contributed by atoms with Gasteiger partial charge in [-0.15, -0.1) is 0 Å². The molecule has 0 saturated heterocycles. The van der Waals surface area contributed by atoms with Crippen LogP contribution in [0.5, 0.6) is 5.75 Å². The molecule has 0 atom stereocenters. The van der Waals surface area contributed by atoms with Gasteiger partial charge in [0, 0.05) is 21.2 Å². The third kappa shape index (κ3) is 5.23. The normalized spacial score (nSPS) is 11.4. The van der Waals surface area contributed by atoms with Crippen molar-refractivity contribution in [2.24, 2.45) is 0 Å². The molecule has 0 aliphatic heterocycles. The summed E-state index contributed by atoms with van der Waals surface area (Å²) in [6, 6.07) is 11.6. The molecule has 0 saturated carbocycles. The molecule has 0 unspecified atom stereocenters. The molecule has 0 aliphatic carbocycles. The van der Waals surface area contributed by atoms with Crippen molar-refractivity contribution in [2.45, 2.75) is 6.92 Å². The Morgan fingerprint density at radius 3 is 2.34 bits per heavy atom. The summed E-state index contributed by atoms with van der Waals surface area (Å²) < 4.78 is 11.0. The fourth-order valence-corrected chi connectivity index (χ4v) is 3.28. The Morgan fingerprint density at radius 1 is 1.03 bits per heavy atom. The molecule has 0 aliphatic rings. The first-order chi connectivity index (χ1) is 13.8. The Labute approximate surface area is 183 Å². The molecule has 2 rings (SSSR count). The van der Waals surface area contributed by atoms with Crippen LogP contribution in [0, 0.1) is 0 Å². The minimum absolute atomic E-state index is 0.351. The summed E-state index contributed by atoms with van der Waals surface area (Å²) in [4.78, 5) is 0. The predicted octanol–water partition coefficient (Wildman–Crippen LogP) is 7.90. The third-order valence-electron chi connectivity index (χ3n) is 4.39. The summed E-state index contributed by atoms with van der Waals surface area (Å²) in [5, 5.41) is 0.965. The van der Waals surface area contributed by atoms with E-state index >= 15 is 0 Å². The second kappa shape index (κ2) is 10.2. The second-order valence-corrected chi connectivity index (χ2v) is 7.15. The van der Waals surface area contributed by atoms with Gasteiger partial charge in [0.25, 0.3) is 0 Å². The molecule has 2 aromatic carbocycles. The molecule has 2 nitrogen and oxygen atoms in total. The average Bonchev–Trinajstić information content (AvgIpc) is 2.71. The number of ether oxygens (including phenoxy) is 2. The number of halogens is 2. The lowest BCUT2D eigenvalue weighted by molar-refractivity contribution is 0.303. The molecule has 0 aromatic heterocycles. The van der Waals surface area contributed by atoms with Crippen molar-refractivity contribution in [3.63, 3.8) is 0 Å². The van der Waals surface area contributed by atoms with Crippen molar-refractivity contribution in [3.05, 3.63) is 101 Å². The van der Waals surface area contributed by atoms with E-state index in [0.29, 0.717) is 27.1 Å². The first-order valence-electron chi connectivity index (χ1n) is 8.92. The van der Waals surface area contributed by atoms with Crippen LogP contribution in [0.15, 0.2) is 84.7 Å². The lowest BCUT2D eigenvalue weighted by Gasteiger charge is -2.18. The highest BCUT2D eigenvalue weighted by Crippen LogP contribution is 2.39. The quantitative estimate of drug-likeness (QED) is 0.315. The number of benzene rings is 2. The van der Waals surface area contributed by atoms with Crippen molar-refractivity contribution in [1.82, 2.24) is 0 Å². The van der Waals surface area contributed by atoms with Crippen LogP contribution in [0.2, 0.25) is 5.02 Å². The van der Waals surface area contributed by atoms with Gasteiger partial charge in [-0.25, -0.2) is 0 Å². The Balaban J connectivity index is 2.67. The van der Waals surface area contributed by atoms with E-state index in [-0.39, 0.29) is 0 Å². The van der Waals surface area contributed by atoms with Crippen LogP contribution in [-0.2, 0) is 4.74 Å². The molecule has 0 heterocycles. The summed E-state index contributed by atoms with van der Waals surface area (Å²) in [6.45, 7) is 14.1. The second-order valence-electron chi connectivity index (χ2n) is 6.23. The van der Waals surface area contributed by atoms with Crippen molar-refractivity contribution < 1.29 is 9.47 Å². The molecule has 4 heteroatoms. The zero-order chi connectivity index (χ0) is 21.6. The Hall–Kier alpha value is -2.68. The van der Waals surface area contributed by atoms with Crippen LogP contribution < -0.4 is 4.74 Å². The lowest BCUT2D eigenvalue weighted by Crippen LogP contribution is -1.99. The molecule has 0 bridgehead atoms. The highest BCUT2D eigenvalue weighted by atomic mass is 35.5. The maximum absolute atomic E-state index is 6.14. The van der Waals surface area contributed by atoms with E-state index in [1.807, 2.05) is 49.4 Å². The van der Waals surface area contributed by atoms with Gasteiger partial charge in [0.05, 0.1) is 14.2 Å². The van der Waals surface area contributed by atoms with Gasteiger partial charge < -0.3 is 9.47 Å². The van der Waals surface area contributed by atoms with Crippen LogP contribution in [-0.4, -0.2) is 14.2 Å². The molecule has 0 fully saturated rings. The first-order valence-corrected chi connectivity index (χ1v) is 9.68. The Kier molecular flexibility index (Phi) is 7.95. The van der Waals surface area contributed by atoms with Gasteiger partial charge in [-0.05, 0) is 53.5 Å². The maximum atomic E-state index is 6.14. The first kappa shape index (κ1) is 22.6. The molecule has 0 N–H and O–H groups in total. The van der Waals surface area contributed by atoms with E-state index in [1.54, 1.807) is 26.4 Å². The largest absolute Gasteiger partial charge is 0.496 e. The fourth-order valence-electron chi connectivity index (χ4n) is 3.02. The van der Waals surface area contributed by atoms with E-state index in [2.05, 4.69) is 19.7 Å². The summed E-state index contributed by atoms with van der Waals surface area (Å²) in [7, 11) is 3.19. The molecule has 2 aromatic rings. The minimum atomic E-state index is 0.351. The zero-order valence-electron chi connectivity index (χ0n) is 16.9. The summed E-state index contributed by atoms with van der Waals surface area (Å²) in [5.74, 6) is 1.21. The van der Waals surface area contributed by atoms with E-state index in [9.17, 15) is 0 Å². The van der Waals surface area contributed by atoms with Gasteiger partial charge in [-0.3, -0.25) is 0 Å². The molecule has 0 spiro atoms. The van der Waals surface area contributed by atoms with Crippen molar-refractivity contribution >= 4 is 34.9 Å². The van der Waals surface area contributed by atoms with Gasteiger partial charge in [0.1, 0.15) is 11.5 Å². The summed E-state index contributed by atoms with van der Waals surface area (Å²) in [5.41, 5.74) is 5.18. The predicted molar refractivity (Wildman–Crippen MR) is 126 cm³/mol. The van der Waals surface area contributed by atoms with E-state index in [4.69, 9.17) is 32.7 Å². The maximum Gasteiger partial charge on any atom is 0.128 e. The number of hydrogen-bond acceptors (Lipinski definition) is 2. The van der Waals surface area contributed by atoms with Crippen molar-refractivity contribution in [2.75, 3.05) is 14.2 Å². The minimum Gasteiger partial charge on any atom is -0.496 e. The monoisotopic (exact) mass is 426 g/mol. The highest BCUT2D eigenvalue weighted by molar-refractivity contribution is 6.31.